The van der Waals surface area contributed by atoms with Crippen LogP contribution in [0.3, 0.4) is 0 Å². The van der Waals surface area contributed by atoms with Crippen LogP contribution in [0, 0.1) is 0 Å². The minimum Gasteiger partial charge on any atom is -0.395 e. The molecule has 0 heterocycles. The summed E-state index contributed by atoms with van der Waals surface area (Å²) in [4.78, 5) is 12.5. The number of nitrogens with zero attached hydrogens (tertiary/aromatic N) is 1. The van der Waals surface area contributed by atoms with Gasteiger partial charge in [0.2, 0.25) is 5.91 Å². The summed E-state index contributed by atoms with van der Waals surface area (Å²) in [5, 5.41) is 9.07. The minimum absolute atomic E-state index is 0.0336. The third-order valence-electron chi connectivity index (χ3n) is 3.04. The third kappa shape index (κ3) is 7.79. The Balaban J connectivity index is 2.52. The fraction of sp³-hybridized carbons (Fsp3) is 0.500. The van der Waals surface area contributed by atoms with Crippen molar-refractivity contribution >= 4 is 15.7 Å². The quantitative estimate of drug-likeness (QED) is 0.621. The van der Waals surface area contributed by atoms with Crippen LogP contribution in [0.25, 0.3) is 0 Å². The number of rotatable bonds is 10. The van der Waals surface area contributed by atoms with E-state index in [0.29, 0.717) is 19.6 Å². The number of nitrogens with two attached hydrogens (primary N) is 1. The maximum atomic E-state index is 11.8. The molecule has 0 radical (unpaired) electrons. The lowest BCUT2D eigenvalue weighted by Crippen LogP contribution is -2.32. The largest absolute Gasteiger partial charge is 0.395 e. The van der Waals surface area contributed by atoms with Crippen molar-refractivity contribution < 1.29 is 18.3 Å². The van der Waals surface area contributed by atoms with E-state index in [2.05, 4.69) is 0 Å². The number of carbonyl (C=O) groups is 1. The van der Waals surface area contributed by atoms with Gasteiger partial charge in [-0.05, 0) is 5.56 Å². The SMILES string of the molecule is NC(=O)CCS(=O)(=O)CCN(CCO)Cc1ccccc1. The molecule has 0 saturated heterocycles. The number of carbonyl (C=O) groups excluding carboxylic acids is 1. The Labute approximate surface area is 125 Å². The van der Waals surface area contributed by atoms with Crippen LogP contribution < -0.4 is 5.73 Å². The van der Waals surface area contributed by atoms with E-state index in [4.69, 9.17) is 10.8 Å². The zero-order valence-electron chi connectivity index (χ0n) is 11.9. The van der Waals surface area contributed by atoms with E-state index in [9.17, 15) is 13.2 Å². The predicted octanol–water partition coefficient (Wildman–Crippen LogP) is -0.229. The first-order chi connectivity index (χ1) is 9.93. The maximum absolute atomic E-state index is 11.8. The van der Waals surface area contributed by atoms with Crippen molar-refractivity contribution in [1.29, 1.82) is 0 Å². The van der Waals surface area contributed by atoms with Gasteiger partial charge < -0.3 is 10.8 Å². The summed E-state index contributed by atoms with van der Waals surface area (Å²) < 4.78 is 23.6. The standard InChI is InChI=1S/C14H22N2O4S/c15-14(18)6-10-21(19,20)11-8-16(7-9-17)12-13-4-2-1-3-5-13/h1-5,17H,6-12H2,(H2,15,18). The van der Waals surface area contributed by atoms with Crippen LogP contribution in [0.1, 0.15) is 12.0 Å². The molecule has 1 aromatic carbocycles. The van der Waals surface area contributed by atoms with E-state index < -0.39 is 15.7 Å². The first-order valence-electron chi connectivity index (χ1n) is 6.79. The smallest absolute Gasteiger partial charge is 0.218 e. The predicted molar refractivity (Wildman–Crippen MR) is 81.3 cm³/mol. The molecule has 3 N–H and O–H groups in total. The van der Waals surface area contributed by atoms with E-state index in [0.717, 1.165) is 5.56 Å². The third-order valence-corrected chi connectivity index (χ3v) is 4.67. The van der Waals surface area contributed by atoms with E-state index in [-0.39, 0.29) is 24.5 Å². The van der Waals surface area contributed by atoms with Gasteiger partial charge in [0.1, 0.15) is 0 Å². The Morgan fingerprint density at radius 1 is 1.14 bits per heavy atom. The van der Waals surface area contributed by atoms with Crippen molar-refractivity contribution in [2.45, 2.75) is 13.0 Å². The van der Waals surface area contributed by atoms with Crippen molar-refractivity contribution in [1.82, 2.24) is 4.90 Å². The number of sulfone groups is 1. The second kappa shape index (κ2) is 8.76. The molecule has 21 heavy (non-hydrogen) atoms. The van der Waals surface area contributed by atoms with Gasteiger partial charge in [-0.25, -0.2) is 8.42 Å². The lowest BCUT2D eigenvalue weighted by atomic mass is 10.2. The number of primary amides is 1. The molecular formula is C14H22N2O4S. The summed E-state index contributed by atoms with van der Waals surface area (Å²) in [6, 6.07) is 9.64. The van der Waals surface area contributed by atoms with Gasteiger partial charge in [0.05, 0.1) is 18.1 Å². The normalized spacial score (nSPS) is 11.7. The Kier molecular flexibility index (Phi) is 7.35. The van der Waals surface area contributed by atoms with Crippen LogP contribution in [0.15, 0.2) is 30.3 Å². The summed E-state index contributed by atoms with van der Waals surface area (Å²) in [5.41, 5.74) is 6.01. The van der Waals surface area contributed by atoms with Crippen LogP contribution in [0.5, 0.6) is 0 Å². The molecular weight excluding hydrogens is 292 g/mol. The highest BCUT2D eigenvalue weighted by Gasteiger charge is 2.15. The van der Waals surface area contributed by atoms with Crippen LogP contribution in [0.2, 0.25) is 0 Å². The summed E-state index contributed by atoms with van der Waals surface area (Å²) in [6.45, 7) is 1.26. The summed E-state index contributed by atoms with van der Waals surface area (Å²) in [7, 11) is -3.31. The average Bonchev–Trinajstić information content (AvgIpc) is 2.44. The maximum Gasteiger partial charge on any atom is 0.218 e. The fourth-order valence-electron chi connectivity index (χ4n) is 1.88. The first-order valence-corrected chi connectivity index (χ1v) is 8.61. The number of hydrogen-bond donors (Lipinski definition) is 2. The number of aliphatic hydroxyl groups is 1. The molecule has 0 saturated carbocycles. The molecule has 118 valence electrons. The average molecular weight is 314 g/mol. The van der Waals surface area contributed by atoms with Crippen LogP contribution in [-0.2, 0) is 21.2 Å². The van der Waals surface area contributed by atoms with Crippen molar-refractivity contribution in [3.05, 3.63) is 35.9 Å². The van der Waals surface area contributed by atoms with E-state index in [1.807, 2.05) is 35.2 Å². The molecule has 7 heteroatoms. The van der Waals surface area contributed by atoms with Crippen molar-refractivity contribution in [3.63, 3.8) is 0 Å². The van der Waals surface area contributed by atoms with E-state index in [1.165, 1.54) is 0 Å². The van der Waals surface area contributed by atoms with Gasteiger partial charge in [-0.15, -0.1) is 0 Å². The molecule has 0 fully saturated rings. The molecule has 0 aliphatic carbocycles. The van der Waals surface area contributed by atoms with Gasteiger partial charge in [0.15, 0.2) is 9.84 Å². The second-order valence-corrected chi connectivity index (χ2v) is 7.16. The molecule has 0 aliphatic rings. The molecule has 0 bridgehead atoms. The Bertz CT molecular complexity index is 531. The van der Waals surface area contributed by atoms with Crippen molar-refractivity contribution in [3.8, 4) is 0 Å². The van der Waals surface area contributed by atoms with Gasteiger partial charge >= 0.3 is 0 Å². The van der Waals surface area contributed by atoms with Crippen molar-refractivity contribution in [2.75, 3.05) is 31.2 Å². The number of hydrogen-bond acceptors (Lipinski definition) is 5. The van der Waals surface area contributed by atoms with Crippen LogP contribution in [0.4, 0.5) is 0 Å². The second-order valence-electron chi connectivity index (χ2n) is 4.85. The van der Waals surface area contributed by atoms with Gasteiger partial charge in [0, 0.05) is 26.1 Å². The summed E-state index contributed by atoms with van der Waals surface area (Å²) in [6.07, 6.45) is -0.152. The molecule has 1 rings (SSSR count). The Morgan fingerprint density at radius 3 is 2.38 bits per heavy atom. The molecule has 1 amide bonds. The monoisotopic (exact) mass is 314 g/mol. The number of aliphatic hydroxyl groups excluding tert-OH is 1. The first kappa shape index (κ1) is 17.6. The zero-order chi connectivity index (χ0) is 15.7. The fourth-order valence-corrected chi connectivity index (χ4v) is 3.13. The molecule has 0 atom stereocenters. The molecule has 6 nitrogen and oxygen atoms in total. The summed E-state index contributed by atoms with van der Waals surface area (Å²) >= 11 is 0. The highest BCUT2D eigenvalue weighted by molar-refractivity contribution is 7.91. The van der Waals surface area contributed by atoms with E-state index in [1.54, 1.807) is 0 Å². The lowest BCUT2D eigenvalue weighted by molar-refractivity contribution is -0.117. The molecule has 0 aromatic heterocycles. The van der Waals surface area contributed by atoms with Crippen LogP contribution in [-0.4, -0.2) is 55.5 Å². The topological polar surface area (TPSA) is 101 Å². The highest BCUT2D eigenvalue weighted by Crippen LogP contribution is 2.05. The van der Waals surface area contributed by atoms with Crippen LogP contribution >= 0.6 is 0 Å². The molecule has 0 unspecified atom stereocenters. The number of amides is 1. The minimum atomic E-state index is -3.31. The lowest BCUT2D eigenvalue weighted by Gasteiger charge is -2.21. The van der Waals surface area contributed by atoms with Crippen molar-refractivity contribution in [2.24, 2.45) is 5.73 Å². The molecule has 1 aromatic rings. The Morgan fingerprint density at radius 2 is 1.81 bits per heavy atom. The van der Waals surface area contributed by atoms with Gasteiger partial charge in [0.25, 0.3) is 0 Å². The van der Waals surface area contributed by atoms with Gasteiger partial charge in [-0.2, -0.15) is 0 Å². The molecule has 0 aliphatic heterocycles. The molecule has 0 spiro atoms. The number of benzene rings is 1. The van der Waals surface area contributed by atoms with E-state index >= 15 is 0 Å². The highest BCUT2D eigenvalue weighted by atomic mass is 32.2. The summed E-state index contributed by atoms with van der Waals surface area (Å²) in [5.74, 6) is -0.886. The zero-order valence-corrected chi connectivity index (χ0v) is 12.8. The Hall–Kier alpha value is -1.44. The van der Waals surface area contributed by atoms with Gasteiger partial charge in [-0.3, -0.25) is 9.69 Å². The van der Waals surface area contributed by atoms with Gasteiger partial charge in [-0.1, -0.05) is 30.3 Å².